The van der Waals surface area contributed by atoms with E-state index in [0.717, 1.165) is 0 Å². The summed E-state index contributed by atoms with van der Waals surface area (Å²) in [5, 5.41) is 15.4. The lowest BCUT2D eigenvalue weighted by molar-refractivity contribution is 1.18. The van der Waals surface area contributed by atoms with E-state index < -0.39 is 0 Å². The van der Waals surface area contributed by atoms with Crippen LogP contribution in [0.5, 0.6) is 0 Å². The maximum absolute atomic E-state index is 2.41. The SMILES string of the molecule is Cc1ccc2c(c1)c1ccccc1n2-c1ccc(-n2c3ccccc3c3cc(C)ccc32)s1.Cc1ccc2c(c1)c1ccccc1n2-c1ccc2cc(-n3c4ccccc4c4cc(C)ccc43)ccc2c1. The Morgan fingerprint density at radius 2 is 0.521 bits per heavy atom. The minimum atomic E-state index is 1.19. The molecule has 0 unspecified atom stereocenters. The average molecular weight is 929 g/mol. The molecule has 0 amide bonds. The summed E-state index contributed by atoms with van der Waals surface area (Å²) in [6.45, 7) is 8.66. The Bertz CT molecular complexity index is 4350. The molecule has 338 valence electrons. The molecule has 0 bridgehead atoms. The first-order valence-corrected chi connectivity index (χ1v) is 25.3. The Kier molecular flexibility index (Phi) is 9.29. The standard InChI is InChI=1S/C36H26N2.C30H22N2S/c1-23-11-17-35-31(19-23)29-7-3-5-9-33(29)37(35)27-15-13-26-22-28(16-14-25(26)21-27)38-34-10-6-4-8-30(34)32-20-24(2)12-18-36(32)38;1-19-11-13-27-23(17-19)21-7-3-5-9-25(21)31(27)29-15-16-30(33-29)32-26-10-6-4-8-22(26)24-18-20(2)12-14-28(24)32/h3-22H,1-2H3;3-18H,1-2H3. The molecule has 0 N–H and O–H groups in total. The van der Waals surface area contributed by atoms with E-state index in [1.807, 2.05) is 11.3 Å². The van der Waals surface area contributed by atoms with Crippen LogP contribution in [0.3, 0.4) is 0 Å². The number of para-hydroxylation sites is 4. The first-order valence-electron chi connectivity index (χ1n) is 24.5. The molecule has 15 rings (SSSR count). The number of benzene rings is 10. The van der Waals surface area contributed by atoms with Crippen molar-refractivity contribution in [1.29, 1.82) is 0 Å². The van der Waals surface area contributed by atoms with E-state index in [1.54, 1.807) is 0 Å². The van der Waals surface area contributed by atoms with E-state index in [2.05, 4.69) is 264 Å². The van der Waals surface area contributed by atoms with Gasteiger partial charge < -0.3 is 18.3 Å². The largest absolute Gasteiger partial charge is 0.309 e. The van der Waals surface area contributed by atoms with Crippen molar-refractivity contribution in [3.05, 3.63) is 241 Å². The fourth-order valence-corrected chi connectivity index (χ4v) is 12.5. The van der Waals surface area contributed by atoms with Crippen LogP contribution in [0.25, 0.3) is 119 Å². The number of hydrogen-bond acceptors (Lipinski definition) is 1. The van der Waals surface area contributed by atoms with Gasteiger partial charge in [-0.3, -0.25) is 0 Å². The molecule has 5 heterocycles. The van der Waals surface area contributed by atoms with Crippen LogP contribution in [0.1, 0.15) is 22.3 Å². The van der Waals surface area contributed by atoms with Gasteiger partial charge in [-0.2, -0.15) is 0 Å². The van der Waals surface area contributed by atoms with Gasteiger partial charge in [0.05, 0.1) is 44.1 Å². The molecule has 5 aromatic heterocycles. The predicted octanol–water partition coefficient (Wildman–Crippen LogP) is 18.2. The van der Waals surface area contributed by atoms with Gasteiger partial charge in [0, 0.05) is 54.5 Å². The van der Waals surface area contributed by atoms with Crippen molar-refractivity contribution in [1.82, 2.24) is 18.3 Å². The molecule has 0 aliphatic heterocycles. The number of aryl methyl sites for hydroxylation is 4. The van der Waals surface area contributed by atoms with Gasteiger partial charge in [-0.1, -0.05) is 143 Å². The maximum Gasteiger partial charge on any atom is 0.102 e. The number of nitrogens with zero attached hydrogens (tertiary/aromatic N) is 4. The highest BCUT2D eigenvalue weighted by molar-refractivity contribution is 7.17. The van der Waals surface area contributed by atoms with Crippen molar-refractivity contribution in [3.63, 3.8) is 0 Å². The van der Waals surface area contributed by atoms with E-state index in [1.165, 1.54) is 142 Å². The zero-order valence-electron chi connectivity index (χ0n) is 40.0. The van der Waals surface area contributed by atoms with Gasteiger partial charge in [0.15, 0.2) is 0 Å². The van der Waals surface area contributed by atoms with Crippen LogP contribution in [0, 0.1) is 27.7 Å². The monoisotopic (exact) mass is 928 g/mol. The average Bonchev–Trinajstić information content (AvgIpc) is 4.22. The van der Waals surface area contributed by atoms with Gasteiger partial charge in [-0.25, -0.2) is 0 Å². The van der Waals surface area contributed by atoms with Gasteiger partial charge in [0.2, 0.25) is 0 Å². The normalized spacial score (nSPS) is 11.9. The summed E-state index contributed by atoms with van der Waals surface area (Å²) in [4.78, 5) is 0. The van der Waals surface area contributed by atoms with Crippen molar-refractivity contribution < 1.29 is 0 Å². The summed E-state index contributed by atoms with van der Waals surface area (Å²) in [6, 6.07) is 80.2. The fraction of sp³-hybridized carbons (Fsp3) is 0.0606. The molecule has 0 saturated carbocycles. The second kappa shape index (κ2) is 16.0. The number of rotatable bonds is 4. The third-order valence-electron chi connectivity index (χ3n) is 14.7. The molecule has 10 aromatic carbocycles. The smallest absolute Gasteiger partial charge is 0.102 e. The van der Waals surface area contributed by atoms with Crippen LogP contribution in [-0.2, 0) is 0 Å². The van der Waals surface area contributed by atoms with Crippen LogP contribution < -0.4 is 0 Å². The lowest BCUT2D eigenvalue weighted by atomic mass is 10.1. The maximum atomic E-state index is 2.41. The molecule has 0 fully saturated rings. The lowest BCUT2D eigenvalue weighted by Gasteiger charge is -2.12. The Hall–Kier alpha value is -8.64. The molecule has 0 aliphatic rings. The van der Waals surface area contributed by atoms with Crippen molar-refractivity contribution in [2.45, 2.75) is 27.7 Å². The van der Waals surface area contributed by atoms with Gasteiger partial charge in [-0.15, -0.1) is 0 Å². The summed E-state index contributed by atoms with van der Waals surface area (Å²) >= 11 is 1.84. The Morgan fingerprint density at radius 1 is 0.239 bits per heavy atom. The zero-order valence-corrected chi connectivity index (χ0v) is 40.8. The Balaban J connectivity index is 0.000000134. The van der Waals surface area contributed by atoms with Crippen molar-refractivity contribution in [3.8, 4) is 21.4 Å². The van der Waals surface area contributed by atoms with Crippen molar-refractivity contribution in [2.75, 3.05) is 0 Å². The van der Waals surface area contributed by atoms with Crippen LogP contribution in [0.2, 0.25) is 0 Å². The van der Waals surface area contributed by atoms with E-state index in [0.29, 0.717) is 0 Å². The lowest BCUT2D eigenvalue weighted by Crippen LogP contribution is -1.96. The molecule has 5 heteroatoms. The highest BCUT2D eigenvalue weighted by Gasteiger charge is 2.19. The first kappa shape index (κ1) is 41.3. The van der Waals surface area contributed by atoms with Gasteiger partial charge in [-0.05, 0) is 148 Å². The summed E-state index contributed by atoms with van der Waals surface area (Å²) < 4.78 is 9.62. The van der Waals surface area contributed by atoms with E-state index >= 15 is 0 Å². The molecular weight excluding hydrogens is 881 g/mol. The summed E-state index contributed by atoms with van der Waals surface area (Å²) in [6.07, 6.45) is 0. The number of thiophene rings is 1. The first-order chi connectivity index (χ1) is 34.8. The summed E-state index contributed by atoms with van der Waals surface area (Å²) in [5.74, 6) is 0. The second-order valence-corrected chi connectivity index (χ2v) is 20.4. The molecule has 71 heavy (non-hydrogen) atoms. The molecule has 0 radical (unpaired) electrons. The van der Waals surface area contributed by atoms with Crippen LogP contribution >= 0.6 is 11.3 Å². The van der Waals surface area contributed by atoms with Gasteiger partial charge in [0.25, 0.3) is 0 Å². The minimum Gasteiger partial charge on any atom is -0.309 e. The van der Waals surface area contributed by atoms with Gasteiger partial charge in [0.1, 0.15) is 10.0 Å². The zero-order chi connectivity index (χ0) is 47.5. The second-order valence-electron chi connectivity index (χ2n) is 19.3. The highest BCUT2D eigenvalue weighted by atomic mass is 32.1. The summed E-state index contributed by atoms with van der Waals surface area (Å²) in [5.41, 5.74) is 17.5. The topological polar surface area (TPSA) is 19.7 Å². The minimum absolute atomic E-state index is 1.19. The number of aromatic nitrogens is 4. The molecule has 0 atom stereocenters. The predicted molar refractivity (Wildman–Crippen MR) is 305 cm³/mol. The Morgan fingerprint density at radius 3 is 0.859 bits per heavy atom. The molecular formula is C66H48N4S. The number of hydrogen-bond donors (Lipinski definition) is 0. The van der Waals surface area contributed by atoms with Crippen LogP contribution in [0.4, 0.5) is 0 Å². The molecule has 0 saturated heterocycles. The quantitative estimate of drug-likeness (QED) is 0.168. The van der Waals surface area contributed by atoms with Crippen molar-refractivity contribution in [2.24, 2.45) is 0 Å². The van der Waals surface area contributed by atoms with E-state index in [-0.39, 0.29) is 0 Å². The highest BCUT2D eigenvalue weighted by Crippen LogP contribution is 2.40. The fourth-order valence-electron chi connectivity index (χ4n) is 11.4. The van der Waals surface area contributed by atoms with Gasteiger partial charge >= 0.3 is 0 Å². The summed E-state index contributed by atoms with van der Waals surface area (Å²) in [7, 11) is 0. The van der Waals surface area contributed by atoms with E-state index in [4.69, 9.17) is 0 Å². The molecule has 4 nitrogen and oxygen atoms in total. The molecule has 15 aromatic rings. The van der Waals surface area contributed by atoms with Crippen molar-refractivity contribution >= 4 is 109 Å². The molecule has 0 spiro atoms. The molecule has 0 aliphatic carbocycles. The Labute approximate surface area is 415 Å². The number of fused-ring (bicyclic) bond motifs is 13. The third kappa shape index (κ3) is 6.50. The third-order valence-corrected chi connectivity index (χ3v) is 15.7. The van der Waals surface area contributed by atoms with Crippen LogP contribution in [-0.4, -0.2) is 18.3 Å². The van der Waals surface area contributed by atoms with E-state index in [9.17, 15) is 0 Å². The van der Waals surface area contributed by atoms with Crippen LogP contribution in [0.15, 0.2) is 218 Å².